The van der Waals surface area contributed by atoms with Crippen LogP contribution in [-0.4, -0.2) is 28.2 Å². The number of ether oxygens (including phenoxy) is 1. The number of hydrogen-bond acceptors (Lipinski definition) is 2. The predicted molar refractivity (Wildman–Crippen MR) is 114 cm³/mol. The zero-order chi connectivity index (χ0) is 18.8. The lowest BCUT2D eigenvalue weighted by atomic mass is 10.00. The Hall–Kier alpha value is -2.50. The maximum atomic E-state index is 6.30. The maximum absolute atomic E-state index is 6.30. The number of nitrogens with zero attached hydrogens (tertiary/aromatic N) is 2. The highest BCUT2D eigenvalue weighted by Gasteiger charge is 2.30. The van der Waals surface area contributed by atoms with Gasteiger partial charge < -0.3 is 19.5 Å². The van der Waals surface area contributed by atoms with Crippen molar-refractivity contribution < 1.29 is 4.74 Å². The van der Waals surface area contributed by atoms with Gasteiger partial charge in [0.1, 0.15) is 5.75 Å². The van der Waals surface area contributed by atoms with E-state index in [0.717, 1.165) is 24.5 Å². The monoisotopic (exact) mass is 397 g/mol. The summed E-state index contributed by atoms with van der Waals surface area (Å²) >= 11 is 12.1. The predicted octanol–water partition coefficient (Wildman–Crippen LogP) is 4.95. The van der Waals surface area contributed by atoms with Gasteiger partial charge in [0.25, 0.3) is 0 Å². The van der Waals surface area contributed by atoms with Gasteiger partial charge in [0, 0.05) is 25.0 Å². The van der Waals surface area contributed by atoms with Gasteiger partial charge in [-0.2, -0.15) is 0 Å². The van der Waals surface area contributed by atoms with E-state index in [2.05, 4.69) is 45.2 Å². The molecule has 6 heteroatoms. The molecule has 1 aliphatic rings. The van der Waals surface area contributed by atoms with E-state index in [1.165, 1.54) is 11.3 Å². The lowest BCUT2D eigenvalue weighted by Crippen LogP contribution is -2.44. The van der Waals surface area contributed by atoms with E-state index >= 15 is 0 Å². The number of thiocarbonyl (C=S) groups is 1. The Balaban J connectivity index is 1.67. The fourth-order valence-corrected chi connectivity index (χ4v) is 3.98. The number of methoxy groups -OCH3 is 1. The Morgan fingerprint density at radius 3 is 2.59 bits per heavy atom. The highest BCUT2D eigenvalue weighted by molar-refractivity contribution is 7.80. The van der Waals surface area contributed by atoms with Crippen molar-refractivity contribution in [1.29, 1.82) is 0 Å². The molecule has 0 saturated heterocycles. The molecule has 0 bridgehead atoms. The van der Waals surface area contributed by atoms with Crippen molar-refractivity contribution in [1.82, 2.24) is 9.47 Å². The van der Waals surface area contributed by atoms with Gasteiger partial charge in [-0.3, -0.25) is 0 Å². The number of anilines is 1. The van der Waals surface area contributed by atoms with Crippen molar-refractivity contribution in [3.63, 3.8) is 0 Å². The highest BCUT2D eigenvalue weighted by atomic mass is 35.5. The molecule has 4 rings (SSSR count). The number of aromatic nitrogens is 1. The van der Waals surface area contributed by atoms with Gasteiger partial charge in [0.15, 0.2) is 5.11 Å². The number of hydrogen-bond donors (Lipinski definition) is 1. The molecule has 1 N–H and O–H groups in total. The second kappa shape index (κ2) is 7.62. The molecule has 27 heavy (non-hydrogen) atoms. The number of benzene rings is 2. The molecule has 138 valence electrons. The molecule has 4 nitrogen and oxygen atoms in total. The van der Waals surface area contributed by atoms with Gasteiger partial charge in [-0.05, 0) is 54.2 Å². The summed E-state index contributed by atoms with van der Waals surface area (Å²) in [4.78, 5) is 2.22. The van der Waals surface area contributed by atoms with Crippen LogP contribution in [0.3, 0.4) is 0 Å². The minimum atomic E-state index is 0.0298. The van der Waals surface area contributed by atoms with Gasteiger partial charge in [-0.25, -0.2) is 0 Å². The van der Waals surface area contributed by atoms with E-state index in [1.807, 2.05) is 36.4 Å². The maximum Gasteiger partial charge on any atom is 0.174 e. The quantitative estimate of drug-likeness (QED) is 0.633. The van der Waals surface area contributed by atoms with E-state index in [0.29, 0.717) is 10.1 Å². The third-order valence-corrected chi connectivity index (χ3v) is 5.51. The van der Waals surface area contributed by atoms with Crippen LogP contribution in [0, 0.1) is 0 Å². The van der Waals surface area contributed by atoms with Crippen LogP contribution < -0.4 is 10.1 Å². The SMILES string of the molecule is COc1ccc([C@@H]2c3cccn3CCN2C(=S)Nc2ccccc2Cl)cc1. The Labute approximate surface area is 169 Å². The van der Waals surface area contributed by atoms with E-state index in [9.17, 15) is 0 Å². The summed E-state index contributed by atoms with van der Waals surface area (Å²) in [5.74, 6) is 0.841. The van der Waals surface area contributed by atoms with Gasteiger partial charge >= 0.3 is 0 Å². The normalized spacial score (nSPS) is 15.9. The van der Waals surface area contributed by atoms with E-state index in [-0.39, 0.29) is 6.04 Å². The zero-order valence-corrected chi connectivity index (χ0v) is 16.5. The Kier molecular flexibility index (Phi) is 5.05. The van der Waals surface area contributed by atoms with Gasteiger partial charge in [0.2, 0.25) is 0 Å². The summed E-state index contributed by atoms with van der Waals surface area (Å²) in [5, 5.41) is 4.63. The summed E-state index contributed by atoms with van der Waals surface area (Å²) < 4.78 is 7.59. The van der Waals surface area contributed by atoms with E-state index < -0.39 is 0 Å². The molecule has 1 aromatic heterocycles. The minimum absolute atomic E-state index is 0.0298. The fourth-order valence-electron chi connectivity index (χ4n) is 3.49. The van der Waals surface area contributed by atoms with Crippen molar-refractivity contribution >= 4 is 34.6 Å². The molecular formula is C21H20ClN3OS. The van der Waals surface area contributed by atoms with Crippen LogP contribution in [-0.2, 0) is 6.54 Å². The molecule has 0 unspecified atom stereocenters. The number of halogens is 1. The van der Waals surface area contributed by atoms with Gasteiger partial charge in [-0.1, -0.05) is 35.9 Å². The number of fused-ring (bicyclic) bond motifs is 1. The summed E-state index contributed by atoms with van der Waals surface area (Å²) in [6, 6.07) is 20.1. The fraction of sp³-hybridized carbons (Fsp3) is 0.190. The molecule has 0 aliphatic carbocycles. The van der Waals surface area contributed by atoms with Crippen molar-refractivity contribution in [2.24, 2.45) is 0 Å². The van der Waals surface area contributed by atoms with E-state index in [1.54, 1.807) is 7.11 Å². The number of para-hydroxylation sites is 1. The lowest BCUT2D eigenvalue weighted by molar-refractivity contribution is 0.293. The second-order valence-corrected chi connectivity index (χ2v) is 7.20. The van der Waals surface area contributed by atoms with Crippen LogP contribution in [0.1, 0.15) is 17.3 Å². The first-order valence-electron chi connectivity index (χ1n) is 8.78. The molecule has 0 fully saturated rings. The molecule has 1 aliphatic heterocycles. The van der Waals surface area contributed by atoms with Gasteiger partial charge in [-0.15, -0.1) is 0 Å². The van der Waals surface area contributed by atoms with Crippen molar-refractivity contribution in [3.05, 3.63) is 83.1 Å². The van der Waals surface area contributed by atoms with Crippen molar-refractivity contribution in [3.8, 4) is 5.75 Å². The third-order valence-electron chi connectivity index (χ3n) is 4.85. The van der Waals surface area contributed by atoms with Crippen LogP contribution in [0.2, 0.25) is 5.02 Å². The smallest absolute Gasteiger partial charge is 0.174 e. The molecule has 3 aromatic rings. The second-order valence-electron chi connectivity index (χ2n) is 6.41. The first-order chi connectivity index (χ1) is 13.2. The number of rotatable bonds is 3. The topological polar surface area (TPSA) is 29.4 Å². The molecule has 0 spiro atoms. The molecular weight excluding hydrogens is 378 g/mol. The van der Waals surface area contributed by atoms with Crippen LogP contribution in [0.15, 0.2) is 66.9 Å². The third kappa shape index (κ3) is 3.53. The van der Waals surface area contributed by atoms with Crippen LogP contribution in [0.25, 0.3) is 0 Å². The van der Waals surface area contributed by atoms with Gasteiger partial charge in [0.05, 0.1) is 23.9 Å². The van der Waals surface area contributed by atoms with E-state index in [4.69, 9.17) is 28.6 Å². The van der Waals surface area contributed by atoms with Crippen LogP contribution >= 0.6 is 23.8 Å². The largest absolute Gasteiger partial charge is 0.497 e. The number of nitrogens with one attached hydrogen (secondary N) is 1. The Morgan fingerprint density at radius 1 is 1.07 bits per heavy atom. The van der Waals surface area contributed by atoms with Crippen molar-refractivity contribution in [2.75, 3.05) is 19.0 Å². The average molecular weight is 398 g/mol. The summed E-state index contributed by atoms with van der Waals surface area (Å²) in [6.45, 7) is 1.70. The first kappa shape index (κ1) is 17.9. The zero-order valence-electron chi connectivity index (χ0n) is 14.9. The lowest BCUT2D eigenvalue weighted by Gasteiger charge is -2.39. The highest BCUT2D eigenvalue weighted by Crippen LogP contribution is 2.34. The molecule has 2 aromatic carbocycles. The average Bonchev–Trinajstić information content (AvgIpc) is 3.18. The minimum Gasteiger partial charge on any atom is -0.497 e. The molecule has 2 heterocycles. The molecule has 1 atom stereocenters. The van der Waals surface area contributed by atoms with Crippen LogP contribution in [0.5, 0.6) is 5.75 Å². The standard InChI is InChI=1S/C21H20ClN3OS/c1-26-16-10-8-15(9-11-16)20-19-7-4-12-24(19)13-14-25(20)21(27)23-18-6-3-2-5-17(18)22/h2-12,20H,13-14H2,1H3,(H,23,27)/t20-/m1/s1. The first-order valence-corrected chi connectivity index (χ1v) is 9.57. The van der Waals surface area contributed by atoms with Crippen molar-refractivity contribution in [2.45, 2.75) is 12.6 Å². The molecule has 0 saturated carbocycles. The Morgan fingerprint density at radius 2 is 1.85 bits per heavy atom. The molecule has 0 radical (unpaired) electrons. The summed E-state index contributed by atoms with van der Waals surface area (Å²) in [7, 11) is 1.68. The Bertz CT molecular complexity index is 954. The van der Waals surface area contributed by atoms with Crippen LogP contribution in [0.4, 0.5) is 5.69 Å². The summed E-state index contributed by atoms with van der Waals surface area (Å²) in [6.07, 6.45) is 2.12. The molecule has 0 amide bonds. The summed E-state index contributed by atoms with van der Waals surface area (Å²) in [5.41, 5.74) is 3.20.